The number of hydrogen-bond acceptors (Lipinski definition) is 6. The van der Waals surface area contributed by atoms with Gasteiger partial charge in [-0.15, -0.1) is 0 Å². The van der Waals surface area contributed by atoms with Crippen LogP contribution in [0, 0.1) is 11.6 Å². The molecule has 0 aromatic carbocycles. The summed E-state index contributed by atoms with van der Waals surface area (Å²) in [5.74, 6) is -1.40. The van der Waals surface area contributed by atoms with Crippen molar-refractivity contribution in [3.05, 3.63) is 35.8 Å². The number of nitrogens with zero attached hydrogens (tertiary/aromatic N) is 4. The Balaban J connectivity index is 0.000000878. The lowest BCUT2D eigenvalue weighted by Gasteiger charge is -2.19. The Morgan fingerprint density at radius 3 is 2.39 bits per heavy atom. The zero-order chi connectivity index (χ0) is 21.1. The van der Waals surface area contributed by atoms with E-state index in [-0.39, 0.29) is 28.4 Å². The molecule has 0 spiro atoms. The molecule has 28 heavy (non-hydrogen) atoms. The third-order valence-electron chi connectivity index (χ3n) is 3.68. The third-order valence-corrected chi connectivity index (χ3v) is 3.68. The van der Waals surface area contributed by atoms with E-state index in [9.17, 15) is 13.9 Å². The van der Waals surface area contributed by atoms with Crippen LogP contribution in [0.5, 0.6) is 5.75 Å². The van der Waals surface area contributed by atoms with E-state index in [0.717, 1.165) is 6.07 Å². The molecule has 9 heteroatoms. The predicted molar refractivity (Wildman–Crippen MR) is 103 cm³/mol. The third kappa shape index (κ3) is 4.19. The highest BCUT2D eigenvalue weighted by molar-refractivity contribution is 5.76. The molecule has 0 aliphatic carbocycles. The van der Waals surface area contributed by atoms with E-state index < -0.39 is 17.2 Å². The van der Waals surface area contributed by atoms with E-state index in [1.54, 1.807) is 13.8 Å². The van der Waals surface area contributed by atoms with Gasteiger partial charge in [0.2, 0.25) is 0 Å². The van der Waals surface area contributed by atoms with Crippen LogP contribution in [0.25, 0.3) is 16.9 Å². The van der Waals surface area contributed by atoms with E-state index in [1.807, 2.05) is 0 Å². The number of rotatable bonds is 4. The summed E-state index contributed by atoms with van der Waals surface area (Å²) in [5.41, 5.74) is -0.597. The number of anilines is 1. The molecule has 0 bridgehead atoms. The number of pyridine rings is 1. The highest BCUT2D eigenvalue weighted by Crippen LogP contribution is 2.32. The minimum atomic E-state index is -1.29. The van der Waals surface area contributed by atoms with Crippen LogP contribution >= 0.6 is 0 Å². The largest absolute Gasteiger partial charge is 0.493 e. The van der Waals surface area contributed by atoms with E-state index in [2.05, 4.69) is 34.2 Å². The quantitative estimate of drug-likeness (QED) is 0.702. The maximum atomic E-state index is 14.3. The van der Waals surface area contributed by atoms with Gasteiger partial charge >= 0.3 is 0 Å². The van der Waals surface area contributed by atoms with Crippen LogP contribution in [0.3, 0.4) is 0 Å². The molecule has 0 radical (unpaired) electrons. The lowest BCUT2D eigenvalue weighted by Crippen LogP contribution is -2.19. The molecule has 0 fully saturated rings. The normalized spacial score (nSPS) is 11.2. The van der Waals surface area contributed by atoms with Gasteiger partial charge in [0.15, 0.2) is 28.8 Å². The number of methoxy groups -OCH3 is 1. The van der Waals surface area contributed by atoms with Crippen molar-refractivity contribution in [3.63, 3.8) is 0 Å². The molecule has 0 saturated heterocycles. The monoisotopic (exact) mass is 393 g/mol. The molecule has 2 N–H and O–H groups in total. The Labute approximate surface area is 162 Å². The first-order chi connectivity index (χ1) is 13.2. The lowest BCUT2D eigenvalue weighted by atomic mass is 10.0. The van der Waals surface area contributed by atoms with Gasteiger partial charge in [-0.2, -0.15) is 5.10 Å². The Kier molecular flexibility index (Phi) is 6.50. The van der Waals surface area contributed by atoms with Crippen LogP contribution < -0.4 is 10.1 Å². The maximum absolute atomic E-state index is 14.3. The fourth-order valence-electron chi connectivity index (χ4n) is 2.48. The Morgan fingerprint density at radius 2 is 1.86 bits per heavy atom. The number of fused-ring (bicyclic) bond motifs is 1. The van der Waals surface area contributed by atoms with Crippen LogP contribution in [0.1, 0.15) is 39.8 Å². The summed E-state index contributed by atoms with van der Waals surface area (Å²) in [6.07, 6.45) is 4.15. The Hall–Kier alpha value is -2.81. The average Bonchev–Trinajstić information content (AvgIpc) is 3.03. The Morgan fingerprint density at radius 1 is 1.21 bits per heavy atom. The molecule has 3 rings (SSSR count). The molecule has 3 heterocycles. The summed E-state index contributed by atoms with van der Waals surface area (Å²) >= 11 is 0. The second kappa shape index (κ2) is 8.47. The molecule has 3 aromatic heterocycles. The first-order valence-electron chi connectivity index (χ1n) is 8.87. The number of hydrogen-bond donors (Lipinski definition) is 2. The van der Waals surface area contributed by atoms with Gasteiger partial charge in [0, 0.05) is 13.1 Å². The molecular weight excluding hydrogens is 368 g/mol. The summed E-state index contributed by atoms with van der Waals surface area (Å²) in [6, 6.07) is 0.748. The standard InChI is InChI=1S/C16H17F2N5O2.C3H8/c1-16(2,24)13-11(25-4)7-23-15(22-13)8(6-20-23)12-9(17)5-10(18)14(19-3)21-12;1-3-2/h5-7,24H,1-4H3,(H,19,21);3H2,1-2H3. The van der Waals surface area contributed by atoms with Crippen molar-refractivity contribution in [3.8, 4) is 17.0 Å². The highest BCUT2D eigenvalue weighted by Gasteiger charge is 2.26. The average molecular weight is 393 g/mol. The van der Waals surface area contributed by atoms with Crippen molar-refractivity contribution in [2.45, 2.75) is 39.7 Å². The van der Waals surface area contributed by atoms with Crippen LogP contribution in [-0.4, -0.2) is 38.8 Å². The van der Waals surface area contributed by atoms with Gasteiger partial charge in [0.1, 0.15) is 17.0 Å². The smallest absolute Gasteiger partial charge is 0.168 e. The van der Waals surface area contributed by atoms with Crippen LogP contribution in [0.15, 0.2) is 18.5 Å². The SMILES string of the molecule is CCC.CNc1nc(-c2cnn3cc(OC)c(C(C)(C)O)nc23)c(F)cc1F. The van der Waals surface area contributed by atoms with E-state index in [4.69, 9.17) is 4.74 Å². The number of aliphatic hydroxyl groups is 1. The van der Waals surface area contributed by atoms with Gasteiger partial charge in [0.25, 0.3) is 0 Å². The lowest BCUT2D eigenvalue weighted by molar-refractivity contribution is 0.0707. The number of halogens is 2. The Bertz CT molecular complexity index is 967. The second-order valence-electron chi connectivity index (χ2n) is 6.65. The van der Waals surface area contributed by atoms with Gasteiger partial charge in [-0.25, -0.2) is 23.3 Å². The fourth-order valence-corrected chi connectivity index (χ4v) is 2.48. The zero-order valence-corrected chi connectivity index (χ0v) is 16.8. The van der Waals surface area contributed by atoms with E-state index in [0.29, 0.717) is 5.75 Å². The topological polar surface area (TPSA) is 84.6 Å². The fraction of sp³-hybridized carbons (Fsp3) is 0.421. The summed E-state index contributed by atoms with van der Waals surface area (Å²) < 4.78 is 34.5. The molecule has 3 aromatic rings. The predicted octanol–water partition coefficient (Wildman–Crippen LogP) is 3.76. The molecule has 7 nitrogen and oxygen atoms in total. The molecule has 0 atom stereocenters. The molecule has 0 amide bonds. The molecule has 0 aliphatic heterocycles. The van der Waals surface area contributed by atoms with Crippen molar-refractivity contribution < 1.29 is 18.6 Å². The van der Waals surface area contributed by atoms with Gasteiger partial charge in [-0.1, -0.05) is 20.3 Å². The first-order valence-corrected chi connectivity index (χ1v) is 8.87. The minimum Gasteiger partial charge on any atom is -0.493 e. The number of ether oxygens (including phenoxy) is 1. The summed E-state index contributed by atoms with van der Waals surface area (Å²) in [6.45, 7) is 7.36. The van der Waals surface area contributed by atoms with Crippen LogP contribution in [-0.2, 0) is 5.60 Å². The van der Waals surface area contributed by atoms with Crippen LogP contribution in [0.4, 0.5) is 14.6 Å². The van der Waals surface area contributed by atoms with Crippen molar-refractivity contribution >= 4 is 11.5 Å². The number of nitrogens with one attached hydrogen (secondary N) is 1. The minimum absolute atomic E-state index is 0.0908. The molecule has 0 aliphatic rings. The molecule has 152 valence electrons. The van der Waals surface area contributed by atoms with Gasteiger partial charge in [-0.3, -0.25) is 0 Å². The summed E-state index contributed by atoms with van der Waals surface area (Å²) in [4.78, 5) is 8.35. The number of aromatic nitrogens is 4. The molecule has 0 unspecified atom stereocenters. The zero-order valence-electron chi connectivity index (χ0n) is 16.8. The second-order valence-corrected chi connectivity index (χ2v) is 6.65. The van der Waals surface area contributed by atoms with E-state index in [1.165, 1.54) is 37.5 Å². The van der Waals surface area contributed by atoms with Crippen LogP contribution in [0.2, 0.25) is 0 Å². The summed E-state index contributed by atoms with van der Waals surface area (Å²) in [5, 5.41) is 17.0. The maximum Gasteiger partial charge on any atom is 0.168 e. The van der Waals surface area contributed by atoms with Gasteiger partial charge in [0.05, 0.1) is 25.1 Å². The van der Waals surface area contributed by atoms with Crippen molar-refractivity contribution in [2.75, 3.05) is 19.5 Å². The van der Waals surface area contributed by atoms with Gasteiger partial charge in [-0.05, 0) is 13.8 Å². The van der Waals surface area contributed by atoms with E-state index >= 15 is 0 Å². The first kappa shape index (κ1) is 21.5. The van der Waals surface area contributed by atoms with Gasteiger partial charge < -0.3 is 15.2 Å². The van der Waals surface area contributed by atoms with Crippen molar-refractivity contribution in [1.29, 1.82) is 0 Å². The molecule has 0 saturated carbocycles. The van der Waals surface area contributed by atoms with Crippen molar-refractivity contribution in [1.82, 2.24) is 19.6 Å². The molecular formula is C19H25F2N5O2. The highest BCUT2D eigenvalue weighted by atomic mass is 19.1. The summed E-state index contributed by atoms with van der Waals surface area (Å²) in [7, 11) is 2.93. The van der Waals surface area contributed by atoms with Crippen molar-refractivity contribution in [2.24, 2.45) is 0 Å².